The van der Waals surface area contributed by atoms with Crippen molar-refractivity contribution in [2.75, 3.05) is 6.61 Å². The highest BCUT2D eigenvalue weighted by Crippen LogP contribution is 2.19. The molecule has 0 N–H and O–H groups in total. The summed E-state index contributed by atoms with van der Waals surface area (Å²) in [6, 6.07) is 0. The Morgan fingerprint density at radius 1 is 0.724 bits per heavy atom. The molecule has 2 nitrogen and oxygen atoms in total. The van der Waals surface area contributed by atoms with Crippen LogP contribution in [0.3, 0.4) is 0 Å². The van der Waals surface area contributed by atoms with Crippen molar-refractivity contribution < 1.29 is 4.74 Å². The Bertz CT molecular complexity index is 553. The van der Waals surface area contributed by atoms with Crippen molar-refractivity contribution in [2.45, 2.75) is 135 Å². The smallest absolute Gasteiger partial charge is 0.183 e. The first-order valence-corrected chi connectivity index (χ1v) is 12.3. The maximum absolute atomic E-state index is 5.63. The summed E-state index contributed by atoms with van der Waals surface area (Å²) in [5, 5.41) is 0. The highest BCUT2D eigenvalue weighted by atomic mass is 16.5. The Morgan fingerprint density at radius 3 is 1.69 bits per heavy atom. The van der Waals surface area contributed by atoms with Crippen LogP contribution in [0.1, 0.15) is 130 Å². The van der Waals surface area contributed by atoms with E-state index in [2.05, 4.69) is 49.4 Å². The molecule has 0 aromatic heterocycles. The van der Waals surface area contributed by atoms with Crippen molar-refractivity contribution in [2.24, 2.45) is 4.99 Å². The van der Waals surface area contributed by atoms with E-state index < -0.39 is 0 Å². The van der Waals surface area contributed by atoms with E-state index >= 15 is 0 Å². The van der Waals surface area contributed by atoms with E-state index in [1.165, 1.54) is 89.9 Å². The van der Waals surface area contributed by atoms with Gasteiger partial charge in [-0.15, -0.1) is 0 Å². The molecule has 0 unspecified atom stereocenters. The Balaban J connectivity index is 1.82. The van der Waals surface area contributed by atoms with Gasteiger partial charge in [0.15, 0.2) is 5.90 Å². The van der Waals surface area contributed by atoms with Crippen LogP contribution in [0.5, 0.6) is 0 Å². The number of rotatable bonds is 16. The normalized spacial score (nSPS) is 14.4. The lowest BCUT2D eigenvalue weighted by atomic mass is 10.1. The second-order valence-corrected chi connectivity index (χ2v) is 9.06. The molecule has 29 heavy (non-hydrogen) atoms. The third-order valence-electron chi connectivity index (χ3n) is 5.36. The predicted molar refractivity (Wildman–Crippen MR) is 127 cm³/mol. The second kappa shape index (κ2) is 17.4. The average Bonchev–Trinajstić information content (AvgIpc) is 3.05. The van der Waals surface area contributed by atoms with Crippen LogP contribution in [0.4, 0.5) is 0 Å². The van der Waals surface area contributed by atoms with Crippen LogP contribution in [0.25, 0.3) is 0 Å². The van der Waals surface area contributed by atoms with Crippen molar-refractivity contribution in [1.82, 2.24) is 0 Å². The minimum Gasteiger partial charge on any atom is -0.478 e. The molecular weight excluding hydrogens is 354 g/mol. The van der Waals surface area contributed by atoms with Crippen molar-refractivity contribution in [3.8, 4) is 23.7 Å². The van der Waals surface area contributed by atoms with E-state index in [1.54, 1.807) is 0 Å². The van der Waals surface area contributed by atoms with Crippen LogP contribution in [-0.4, -0.2) is 18.0 Å². The summed E-state index contributed by atoms with van der Waals surface area (Å²) in [5.74, 6) is 13.4. The molecule has 0 radical (unpaired) electrons. The molecule has 0 aromatic rings. The fourth-order valence-corrected chi connectivity index (χ4v) is 3.55. The van der Waals surface area contributed by atoms with Gasteiger partial charge >= 0.3 is 0 Å². The summed E-state index contributed by atoms with van der Waals surface area (Å²) >= 11 is 0. The number of nitrogens with zero attached hydrogens (tertiary/aromatic N) is 1. The quantitative estimate of drug-likeness (QED) is 0.191. The Hall–Kier alpha value is -1.41. The van der Waals surface area contributed by atoms with Gasteiger partial charge in [-0.3, -0.25) is 0 Å². The van der Waals surface area contributed by atoms with Gasteiger partial charge in [-0.25, -0.2) is 4.99 Å². The van der Waals surface area contributed by atoms with E-state index in [9.17, 15) is 0 Å². The Morgan fingerprint density at radius 2 is 1.21 bits per heavy atom. The zero-order chi connectivity index (χ0) is 21.0. The minimum absolute atomic E-state index is 0.00566. The van der Waals surface area contributed by atoms with Gasteiger partial charge < -0.3 is 4.74 Å². The second-order valence-electron chi connectivity index (χ2n) is 9.06. The monoisotopic (exact) mass is 399 g/mol. The number of aliphatic imine (C=N–C) groups is 1. The molecule has 2 heteroatoms. The first kappa shape index (κ1) is 25.6. The molecule has 0 spiro atoms. The third kappa shape index (κ3) is 16.1. The van der Waals surface area contributed by atoms with Gasteiger partial charge in [0.05, 0.1) is 5.54 Å². The zero-order valence-electron chi connectivity index (χ0n) is 19.6. The van der Waals surface area contributed by atoms with Gasteiger partial charge in [-0.1, -0.05) is 89.4 Å². The summed E-state index contributed by atoms with van der Waals surface area (Å²) in [7, 11) is 0. The highest BCUT2D eigenvalue weighted by molar-refractivity contribution is 5.78. The Kier molecular flexibility index (Phi) is 15.4. The van der Waals surface area contributed by atoms with Gasteiger partial charge in [0.1, 0.15) is 6.61 Å². The van der Waals surface area contributed by atoms with Gasteiger partial charge in [-0.05, 0) is 45.0 Å². The number of ether oxygens (including phenoxy) is 1. The molecule has 0 amide bonds. The van der Waals surface area contributed by atoms with Crippen LogP contribution >= 0.6 is 0 Å². The van der Waals surface area contributed by atoms with Crippen molar-refractivity contribution in [3.05, 3.63) is 0 Å². The molecular formula is C27H45NO. The molecule has 1 aliphatic heterocycles. The summed E-state index contributed by atoms with van der Waals surface area (Å²) in [6.07, 6.45) is 21.5. The first-order chi connectivity index (χ1) is 14.1. The number of unbranched alkanes of at least 4 members (excludes halogenated alkanes) is 14. The lowest BCUT2D eigenvalue weighted by molar-refractivity contribution is 0.273. The fourth-order valence-electron chi connectivity index (χ4n) is 3.55. The average molecular weight is 400 g/mol. The van der Waals surface area contributed by atoms with E-state index in [-0.39, 0.29) is 5.54 Å². The highest BCUT2D eigenvalue weighted by Gasteiger charge is 2.25. The number of hydrogen-bond donors (Lipinski definition) is 0. The van der Waals surface area contributed by atoms with Crippen molar-refractivity contribution >= 4 is 5.90 Å². The van der Waals surface area contributed by atoms with E-state index in [4.69, 9.17) is 4.74 Å². The van der Waals surface area contributed by atoms with E-state index in [1.807, 2.05) is 0 Å². The van der Waals surface area contributed by atoms with E-state index in [0.29, 0.717) is 0 Å². The molecule has 1 aliphatic rings. The topological polar surface area (TPSA) is 21.6 Å². The largest absolute Gasteiger partial charge is 0.478 e. The molecule has 0 atom stereocenters. The molecule has 0 fully saturated rings. The molecule has 0 aliphatic carbocycles. The van der Waals surface area contributed by atoms with Crippen LogP contribution in [0, 0.1) is 23.7 Å². The lowest BCUT2D eigenvalue weighted by Crippen LogP contribution is -2.17. The predicted octanol–water partition coefficient (Wildman–Crippen LogP) is 7.85. The van der Waals surface area contributed by atoms with Gasteiger partial charge in [0, 0.05) is 19.3 Å². The van der Waals surface area contributed by atoms with Crippen LogP contribution in [0.2, 0.25) is 0 Å². The van der Waals surface area contributed by atoms with E-state index in [0.717, 1.165) is 31.8 Å². The van der Waals surface area contributed by atoms with Crippen molar-refractivity contribution in [1.29, 1.82) is 0 Å². The van der Waals surface area contributed by atoms with Crippen LogP contribution in [0.15, 0.2) is 4.99 Å². The summed E-state index contributed by atoms with van der Waals surface area (Å²) in [4.78, 5) is 4.61. The molecule has 0 saturated heterocycles. The van der Waals surface area contributed by atoms with Crippen LogP contribution in [-0.2, 0) is 4.74 Å². The van der Waals surface area contributed by atoms with Gasteiger partial charge in [0.25, 0.3) is 0 Å². The standard InChI is InChI=1S/C27H45NO/c1-4-5-6-7-8-9-10-11-12-13-14-15-16-17-18-19-20-21-22-23-24-26-28-27(2,3)25-29-26/h4-12,17-25H2,1-3H3. The first-order valence-electron chi connectivity index (χ1n) is 12.3. The van der Waals surface area contributed by atoms with Gasteiger partial charge in [-0.2, -0.15) is 0 Å². The summed E-state index contributed by atoms with van der Waals surface area (Å²) in [6.45, 7) is 7.28. The summed E-state index contributed by atoms with van der Waals surface area (Å²) < 4.78 is 5.63. The maximum Gasteiger partial charge on any atom is 0.183 e. The minimum atomic E-state index is -0.00566. The molecule has 0 bridgehead atoms. The fraction of sp³-hybridized carbons (Fsp3) is 0.815. The van der Waals surface area contributed by atoms with Crippen molar-refractivity contribution in [3.63, 3.8) is 0 Å². The molecule has 1 rings (SSSR count). The Labute approximate surface area is 181 Å². The number of hydrogen-bond acceptors (Lipinski definition) is 2. The molecule has 1 heterocycles. The van der Waals surface area contributed by atoms with Crippen LogP contribution < -0.4 is 0 Å². The SMILES string of the molecule is CCCCCCCCCCC#CC#CCCCCCCCCC1=NC(C)(C)CO1. The lowest BCUT2D eigenvalue weighted by Gasteiger charge is -2.07. The molecule has 0 saturated carbocycles. The third-order valence-corrected chi connectivity index (χ3v) is 5.36. The summed E-state index contributed by atoms with van der Waals surface area (Å²) in [5.41, 5.74) is -0.00566. The maximum atomic E-state index is 5.63. The van der Waals surface area contributed by atoms with Gasteiger partial charge in [0.2, 0.25) is 0 Å². The zero-order valence-corrected chi connectivity index (χ0v) is 19.6. The molecule has 0 aromatic carbocycles. The molecule has 164 valence electrons.